The van der Waals surface area contributed by atoms with Crippen molar-refractivity contribution in [1.29, 1.82) is 0 Å². The Morgan fingerprint density at radius 3 is 2.68 bits per heavy atom. The molecule has 0 amide bonds. The number of rotatable bonds is 5. The Morgan fingerprint density at radius 2 is 2.00 bits per heavy atom. The molecule has 7 heteroatoms. The zero-order chi connectivity index (χ0) is 17.1. The number of imidazole rings is 1. The topological polar surface area (TPSA) is 78.9 Å². The van der Waals surface area contributed by atoms with Crippen LogP contribution in [0, 0.1) is 0 Å². The molecule has 124 valence electrons. The van der Waals surface area contributed by atoms with Gasteiger partial charge in [0.15, 0.2) is 0 Å². The molecule has 0 aliphatic rings. The minimum Gasteiger partial charge on any atom is -0.497 e. The molecule has 0 fully saturated rings. The summed E-state index contributed by atoms with van der Waals surface area (Å²) in [6.45, 7) is 0. The van der Waals surface area contributed by atoms with Crippen LogP contribution in [0.2, 0.25) is 0 Å². The molecular weight excluding hydrogens is 318 g/mol. The van der Waals surface area contributed by atoms with E-state index >= 15 is 0 Å². The van der Waals surface area contributed by atoms with Gasteiger partial charge in [-0.1, -0.05) is 17.3 Å². The van der Waals surface area contributed by atoms with Gasteiger partial charge < -0.3 is 9.26 Å². The molecule has 0 radical (unpaired) electrons. The Bertz CT molecular complexity index is 944. The first-order chi connectivity index (χ1) is 12.3. The van der Waals surface area contributed by atoms with E-state index < -0.39 is 0 Å². The number of ether oxygens (including phenoxy) is 1. The molecule has 0 aliphatic carbocycles. The third-order valence-electron chi connectivity index (χ3n) is 3.76. The summed E-state index contributed by atoms with van der Waals surface area (Å²) in [6.07, 6.45) is 7.53. The molecule has 3 heterocycles. The lowest BCUT2D eigenvalue weighted by Crippen LogP contribution is -1.94. The van der Waals surface area contributed by atoms with Crippen molar-refractivity contribution >= 4 is 0 Å². The smallest absolute Gasteiger partial charge is 0.231 e. The minimum atomic E-state index is 0.521. The molecule has 0 N–H and O–H groups in total. The summed E-state index contributed by atoms with van der Waals surface area (Å²) in [5, 5.41) is 4.04. The molecule has 0 spiro atoms. The van der Waals surface area contributed by atoms with E-state index in [4.69, 9.17) is 9.26 Å². The monoisotopic (exact) mass is 333 g/mol. The molecule has 0 bridgehead atoms. The normalized spacial score (nSPS) is 10.8. The highest BCUT2D eigenvalue weighted by Crippen LogP contribution is 2.18. The second-order valence-corrected chi connectivity index (χ2v) is 5.41. The van der Waals surface area contributed by atoms with Crippen molar-refractivity contribution in [3.63, 3.8) is 0 Å². The van der Waals surface area contributed by atoms with Gasteiger partial charge in [0.1, 0.15) is 17.9 Å². The van der Waals surface area contributed by atoms with Crippen molar-refractivity contribution < 1.29 is 9.26 Å². The number of benzene rings is 1. The van der Waals surface area contributed by atoms with Crippen LogP contribution in [-0.2, 0) is 6.42 Å². The molecule has 25 heavy (non-hydrogen) atoms. The standard InChI is InChI=1S/C18H15N5O2/c1-24-15-5-2-13(3-6-15)10-17-21-18(22-25-17)14-4-7-16(20-11-14)23-9-8-19-12-23/h2-9,11-12H,10H2,1H3. The van der Waals surface area contributed by atoms with Crippen LogP contribution in [0.4, 0.5) is 0 Å². The van der Waals surface area contributed by atoms with E-state index in [2.05, 4.69) is 20.1 Å². The van der Waals surface area contributed by atoms with E-state index in [0.717, 1.165) is 22.7 Å². The highest BCUT2D eigenvalue weighted by Gasteiger charge is 2.10. The molecule has 4 aromatic rings. The van der Waals surface area contributed by atoms with Gasteiger partial charge in [0.25, 0.3) is 0 Å². The van der Waals surface area contributed by atoms with E-state index in [-0.39, 0.29) is 0 Å². The molecule has 4 rings (SSSR count). The van der Waals surface area contributed by atoms with Crippen molar-refractivity contribution in [2.24, 2.45) is 0 Å². The molecule has 1 aromatic carbocycles. The first kappa shape index (κ1) is 15.1. The number of hydrogen-bond donors (Lipinski definition) is 0. The van der Waals surface area contributed by atoms with Gasteiger partial charge >= 0.3 is 0 Å². The Balaban J connectivity index is 1.50. The number of hydrogen-bond acceptors (Lipinski definition) is 6. The Kier molecular flexibility index (Phi) is 3.96. The minimum absolute atomic E-state index is 0.521. The van der Waals surface area contributed by atoms with Crippen molar-refractivity contribution in [3.05, 3.63) is 72.8 Å². The van der Waals surface area contributed by atoms with E-state index in [0.29, 0.717) is 18.1 Å². The van der Waals surface area contributed by atoms with Crippen molar-refractivity contribution in [2.75, 3.05) is 7.11 Å². The Labute approximate surface area is 143 Å². The van der Waals surface area contributed by atoms with Gasteiger partial charge in [0.05, 0.1) is 13.5 Å². The SMILES string of the molecule is COc1ccc(Cc2nc(-c3ccc(-n4ccnc4)nc3)no2)cc1. The van der Waals surface area contributed by atoms with Gasteiger partial charge in [-0.25, -0.2) is 9.97 Å². The van der Waals surface area contributed by atoms with E-state index in [1.165, 1.54) is 0 Å². The van der Waals surface area contributed by atoms with Crippen LogP contribution in [0.25, 0.3) is 17.2 Å². The summed E-state index contributed by atoms with van der Waals surface area (Å²) < 4.78 is 12.3. The molecule has 0 saturated carbocycles. The number of pyridine rings is 1. The van der Waals surface area contributed by atoms with Crippen LogP contribution in [0.3, 0.4) is 0 Å². The van der Waals surface area contributed by atoms with Gasteiger partial charge in [-0.15, -0.1) is 0 Å². The third-order valence-corrected chi connectivity index (χ3v) is 3.76. The Morgan fingerprint density at radius 1 is 1.12 bits per heavy atom. The van der Waals surface area contributed by atoms with Crippen LogP contribution in [-0.4, -0.2) is 31.8 Å². The average Bonchev–Trinajstić information content (AvgIpc) is 3.35. The predicted octanol–water partition coefficient (Wildman–Crippen LogP) is 2.92. The summed E-state index contributed by atoms with van der Waals surface area (Å²) in [4.78, 5) is 12.8. The summed E-state index contributed by atoms with van der Waals surface area (Å²) in [5.74, 6) is 2.68. The van der Waals surface area contributed by atoms with Crippen molar-refractivity contribution in [2.45, 2.75) is 6.42 Å². The lowest BCUT2D eigenvalue weighted by atomic mass is 10.1. The van der Waals surface area contributed by atoms with Crippen molar-refractivity contribution in [1.82, 2.24) is 24.7 Å². The maximum Gasteiger partial charge on any atom is 0.231 e. The van der Waals surface area contributed by atoms with Gasteiger partial charge in [0.2, 0.25) is 11.7 Å². The van der Waals surface area contributed by atoms with E-state index in [1.54, 1.807) is 25.8 Å². The van der Waals surface area contributed by atoms with E-state index in [1.807, 2.05) is 47.2 Å². The molecule has 0 unspecified atom stereocenters. The summed E-state index contributed by atoms with van der Waals surface area (Å²) in [6, 6.07) is 11.6. The van der Waals surface area contributed by atoms with Crippen LogP contribution >= 0.6 is 0 Å². The molecule has 0 saturated heterocycles. The maximum absolute atomic E-state index is 5.35. The van der Waals surface area contributed by atoms with Crippen LogP contribution in [0.15, 0.2) is 65.8 Å². The number of aromatic nitrogens is 5. The largest absolute Gasteiger partial charge is 0.497 e. The molecular formula is C18H15N5O2. The van der Waals surface area contributed by atoms with Gasteiger partial charge in [-0.05, 0) is 29.8 Å². The van der Waals surface area contributed by atoms with Crippen LogP contribution < -0.4 is 4.74 Å². The quantitative estimate of drug-likeness (QED) is 0.559. The predicted molar refractivity (Wildman–Crippen MR) is 90.5 cm³/mol. The highest BCUT2D eigenvalue weighted by atomic mass is 16.5. The fourth-order valence-corrected chi connectivity index (χ4v) is 2.43. The zero-order valence-corrected chi connectivity index (χ0v) is 13.5. The second-order valence-electron chi connectivity index (χ2n) is 5.41. The lowest BCUT2D eigenvalue weighted by molar-refractivity contribution is 0.385. The van der Waals surface area contributed by atoms with Crippen molar-refractivity contribution in [3.8, 4) is 23.0 Å². The first-order valence-corrected chi connectivity index (χ1v) is 7.72. The summed E-state index contributed by atoms with van der Waals surface area (Å²) in [7, 11) is 1.64. The van der Waals surface area contributed by atoms with E-state index in [9.17, 15) is 0 Å². The summed E-state index contributed by atoms with van der Waals surface area (Å²) >= 11 is 0. The average molecular weight is 333 g/mol. The Hall–Kier alpha value is -3.48. The summed E-state index contributed by atoms with van der Waals surface area (Å²) in [5.41, 5.74) is 1.87. The third kappa shape index (κ3) is 3.25. The number of methoxy groups -OCH3 is 1. The van der Waals surface area contributed by atoms with Gasteiger partial charge in [-0.3, -0.25) is 4.57 Å². The van der Waals surface area contributed by atoms with Gasteiger partial charge in [-0.2, -0.15) is 4.98 Å². The molecule has 7 nitrogen and oxygen atoms in total. The maximum atomic E-state index is 5.35. The highest BCUT2D eigenvalue weighted by molar-refractivity contribution is 5.53. The molecule has 0 aliphatic heterocycles. The zero-order valence-electron chi connectivity index (χ0n) is 13.5. The number of nitrogens with zero attached hydrogens (tertiary/aromatic N) is 5. The van der Waals surface area contributed by atoms with Crippen LogP contribution in [0.5, 0.6) is 5.75 Å². The molecule has 3 aromatic heterocycles. The molecule has 0 atom stereocenters. The fourth-order valence-electron chi connectivity index (χ4n) is 2.43. The van der Waals surface area contributed by atoms with Crippen LogP contribution in [0.1, 0.15) is 11.5 Å². The van der Waals surface area contributed by atoms with Gasteiger partial charge in [0, 0.05) is 24.2 Å². The second kappa shape index (κ2) is 6.56. The lowest BCUT2D eigenvalue weighted by Gasteiger charge is -2.01. The fraction of sp³-hybridized carbons (Fsp3) is 0.111. The first-order valence-electron chi connectivity index (χ1n) is 7.72.